The maximum absolute atomic E-state index is 14.2. The van der Waals surface area contributed by atoms with Crippen molar-refractivity contribution in [2.75, 3.05) is 69.7 Å². The van der Waals surface area contributed by atoms with Gasteiger partial charge < -0.3 is 19.9 Å². The maximum atomic E-state index is 14.2. The van der Waals surface area contributed by atoms with E-state index >= 15 is 0 Å². The van der Waals surface area contributed by atoms with Gasteiger partial charge in [0.2, 0.25) is 0 Å². The van der Waals surface area contributed by atoms with Gasteiger partial charge in [-0.25, -0.2) is 18.2 Å². The summed E-state index contributed by atoms with van der Waals surface area (Å²) in [5.41, 5.74) is 3.47. The average molecular weight is 717 g/mol. The van der Waals surface area contributed by atoms with E-state index in [-0.39, 0.29) is 15.7 Å². The molecule has 0 unspecified atom stereocenters. The van der Waals surface area contributed by atoms with Crippen LogP contribution in [0.1, 0.15) is 50.4 Å². The molecule has 264 valence electrons. The number of rotatable bonds is 11. The largest absolute Gasteiger partial charge is 0.465 e. The number of piperazine rings is 1. The van der Waals surface area contributed by atoms with E-state index in [1.54, 1.807) is 18.3 Å². The highest BCUT2D eigenvalue weighted by Gasteiger charge is 2.30. The number of piperidine rings is 1. The van der Waals surface area contributed by atoms with E-state index in [0.29, 0.717) is 28.2 Å². The van der Waals surface area contributed by atoms with E-state index < -0.39 is 16.0 Å². The minimum Gasteiger partial charge on any atom is -0.465 e. The van der Waals surface area contributed by atoms with Crippen LogP contribution in [0.4, 0.5) is 11.5 Å². The molecule has 2 aromatic heterocycles. The zero-order valence-electron chi connectivity index (χ0n) is 28.8. The summed E-state index contributed by atoms with van der Waals surface area (Å²) >= 11 is 1.12. The van der Waals surface area contributed by atoms with Gasteiger partial charge in [-0.1, -0.05) is 30.7 Å². The van der Waals surface area contributed by atoms with Crippen LogP contribution in [0.5, 0.6) is 0 Å². The number of esters is 1. The smallest absolute Gasteiger partial charge is 0.337 e. The highest BCUT2D eigenvalue weighted by molar-refractivity contribution is 7.93. The van der Waals surface area contributed by atoms with Crippen LogP contribution in [-0.2, 0) is 27.8 Å². The normalized spacial score (nSPS) is 15.9. The van der Waals surface area contributed by atoms with Gasteiger partial charge in [0.05, 0.1) is 28.1 Å². The number of carbonyl (C=O) groups is 2. The van der Waals surface area contributed by atoms with Crippen molar-refractivity contribution in [2.24, 2.45) is 0 Å². The molecule has 0 saturated carbocycles. The molecule has 2 aromatic carbocycles. The number of benzene rings is 2. The van der Waals surface area contributed by atoms with E-state index in [1.807, 2.05) is 24.3 Å². The number of aromatic nitrogens is 1. The van der Waals surface area contributed by atoms with Gasteiger partial charge in [0.1, 0.15) is 10.7 Å². The Hall–Kier alpha value is -4.30. The standard InChI is InChI=1S/C37H44N6O5S2/c1-40-19-21-43(22-20-40)34-16-13-30(25-38-34)35-33(50(46,47)41(2)31-14-11-29(12-15-31)37(45)48-3)23-32(49-35)36(44)39-24-27-7-9-28(10-8-27)26-42-17-5-4-6-18-42/h7-16,23,25H,4-6,17-22,24,26H2,1-3H3,(H,39,44). The maximum Gasteiger partial charge on any atom is 0.337 e. The highest BCUT2D eigenvalue weighted by Crippen LogP contribution is 2.38. The first-order valence-corrected chi connectivity index (χ1v) is 19.2. The fraction of sp³-hybridized carbons (Fsp3) is 0.378. The summed E-state index contributed by atoms with van der Waals surface area (Å²) in [4.78, 5) is 37.8. The number of hydrogen-bond acceptors (Lipinski definition) is 10. The molecule has 1 N–H and O–H groups in total. The summed E-state index contributed by atoms with van der Waals surface area (Å²) in [5.74, 6) is -0.0496. The summed E-state index contributed by atoms with van der Waals surface area (Å²) in [6.07, 6.45) is 5.47. The second kappa shape index (κ2) is 15.7. The molecular formula is C37H44N6O5S2. The molecule has 50 heavy (non-hydrogen) atoms. The number of nitrogens with zero attached hydrogens (tertiary/aromatic N) is 5. The van der Waals surface area contributed by atoms with Crippen molar-refractivity contribution < 1.29 is 22.7 Å². The number of amides is 1. The van der Waals surface area contributed by atoms with Crippen LogP contribution < -0.4 is 14.5 Å². The van der Waals surface area contributed by atoms with Gasteiger partial charge in [0, 0.05) is 58.1 Å². The number of methoxy groups -OCH3 is 1. The Balaban J connectivity index is 1.24. The first-order valence-electron chi connectivity index (χ1n) is 16.9. The summed E-state index contributed by atoms with van der Waals surface area (Å²) in [7, 11) is 0.693. The van der Waals surface area contributed by atoms with Gasteiger partial charge in [-0.3, -0.25) is 14.0 Å². The van der Waals surface area contributed by atoms with Gasteiger partial charge in [0.15, 0.2) is 0 Å². The molecule has 4 aromatic rings. The first kappa shape index (κ1) is 35.5. The molecule has 2 saturated heterocycles. The third kappa shape index (κ3) is 8.18. The Morgan fingerprint density at radius 2 is 1.58 bits per heavy atom. The van der Waals surface area contributed by atoms with Crippen molar-refractivity contribution >= 4 is 44.7 Å². The number of anilines is 2. The van der Waals surface area contributed by atoms with Gasteiger partial charge in [-0.15, -0.1) is 11.3 Å². The lowest BCUT2D eigenvalue weighted by Gasteiger charge is -2.33. The van der Waals surface area contributed by atoms with Crippen LogP contribution in [0.15, 0.2) is 77.8 Å². The number of hydrogen-bond donors (Lipinski definition) is 1. The van der Waals surface area contributed by atoms with Crippen LogP contribution in [-0.4, -0.2) is 95.6 Å². The molecule has 0 radical (unpaired) electrons. The minimum absolute atomic E-state index is 0.00315. The predicted molar refractivity (Wildman–Crippen MR) is 197 cm³/mol. The van der Waals surface area contributed by atoms with Crippen molar-refractivity contribution in [3.05, 3.63) is 94.5 Å². The Labute approximate surface area is 298 Å². The van der Waals surface area contributed by atoms with Crippen molar-refractivity contribution in [2.45, 2.75) is 37.2 Å². The molecule has 2 aliphatic rings. The van der Waals surface area contributed by atoms with Gasteiger partial charge in [-0.05, 0) is 86.6 Å². The number of nitrogens with one attached hydrogen (secondary N) is 1. The SMILES string of the molecule is COC(=O)c1ccc(N(C)S(=O)(=O)c2cc(C(=O)NCc3ccc(CN4CCCCC4)cc3)sc2-c2ccc(N3CCN(C)CC3)nc2)cc1. The van der Waals surface area contributed by atoms with E-state index in [9.17, 15) is 18.0 Å². The number of carbonyl (C=O) groups excluding carboxylic acids is 2. The summed E-state index contributed by atoms with van der Waals surface area (Å²) in [5, 5.41) is 2.98. The molecule has 0 aliphatic carbocycles. The van der Waals surface area contributed by atoms with Crippen molar-refractivity contribution in [3.8, 4) is 10.4 Å². The second-order valence-corrected chi connectivity index (χ2v) is 15.8. The van der Waals surface area contributed by atoms with Crippen molar-refractivity contribution in [1.29, 1.82) is 0 Å². The lowest BCUT2D eigenvalue weighted by atomic mass is 10.1. The quantitative estimate of drug-likeness (QED) is 0.212. The number of ether oxygens (including phenoxy) is 1. The molecule has 4 heterocycles. The number of likely N-dealkylation sites (tertiary alicyclic amines) is 1. The fourth-order valence-electron chi connectivity index (χ4n) is 6.24. The molecule has 2 aliphatic heterocycles. The van der Waals surface area contributed by atoms with Crippen LogP contribution >= 0.6 is 11.3 Å². The predicted octanol–water partition coefficient (Wildman–Crippen LogP) is 5.09. The fourth-order valence-corrected chi connectivity index (χ4v) is 9.03. The lowest BCUT2D eigenvalue weighted by molar-refractivity contribution is 0.0600. The number of sulfonamides is 1. The summed E-state index contributed by atoms with van der Waals surface area (Å²) in [6, 6.07) is 19.6. The minimum atomic E-state index is -4.14. The zero-order valence-corrected chi connectivity index (χ0v) is 30.4. The van der Waals surface area contributed by atoms with Crippen molar-refractivity contribution in [1.82, 2.24) is 20.1 Å². The van der Waals surface area contributed by atoms with Gasteiger partial charge in [0.25, 0.3) is 15.9 Å². The Morgan fingerprint density at radius 3 is 2.22 bits per heavy atom. The van der Waals surface area contributed by atoms with Crippen LogP contribution in [0.3, 0.4) is 0 Å². The molecule has 13 heteroatoms. The number of pyridine rings is 1. The van der Waals surface area contributed by atoms with E-state index in [0.717, 1.165) is 72.8 Å². The molecule has 1 amide bonds. The van der Waals surface area contributed by atoms with Crippen LogP contribution in [0, 0.1) is 0 Å². The van der Waals surface area contributed by atoms with Gasteiger partial charge in [-0.2, -0.15) is 0 Å². The van der Waals surface area contributed by atoms with Crippen LogP contribution in [0.25, 0.3) is 10.4 Å². The molecular weight excluding hydrogens is 673 g/mol. The topological polar surface area (TPSA) is 115 Å². The number of thiophene rings is 1. The Morgan fingerprint density at radius 1 is 0.900 bits per heavy atom. The molecule has 0 spiro atoms. The van der Waals surface area contributed by atoms with E-state index in [2.05, 4.69) is 39.2 Å². The third-order valence-corrected chi connectivity index (χ3v) is 12.5. The molecule has 0 bridgehead atoms. The van der Waals surface area contributed by atoms with E-state index in [1.165, 1.54) is 57.2 Å². The molecule has 2 fully saturated rings. The Bertz CT molecular complexity index is 1880. The monoisotopic (exact) mass is 716 g/mol. The van der Waals surface area contributed by atoms with Crippen molar-refractivity contribution in [3.63, 3.8) is 0 Å². The third-order valence-electron chi connectivity index (χ3n) is 9.38. The zero-order chi connectivity index (χ0) is 35.3. The highest BCUT2D eigenvalue weighted by atomic mass is 32.2. The summed E-state index contributed by atoms with van der Waals surface area (Å²) < 4.78 is 34.3. The van der Waals surface area contributed by atoms with Gasteiger partial charge >= 0.3 is 5.97 Å². The first-order chi connectivity index (χ1) is 24.1. The molecule has 11 nitrogen and oxygen atoms in total. The second-order valence-electron chi connectivity index (χ2n) is 12.8. The Kier molecular flexibility index (Phi) is 11.2. The van der Waals surface area contributed by atoms with E-state index in [4.69, 9.17) is 9.72 Å². The molecule has 6 rings (SSSR count). The van der Waals surface area contributed by atoms with Crippen LogP contribution in [0.2, 0.25) is 0 Å². The number of likely N-dealkylation sites (N-methyl/N-ethyl adjacent to an activating group) is 1. The lowest BCUT2D eigenvalue weighted by Crippen LogP contribution is -2.44. The summed E-state index contributed by atoms with van der Waals surface area (Å²) in [6.45, 7) is 7.08. The molecule has 0 atom stereocenters. The average Bonchev–Trinajstić information content (AvgIpc) is 3.62.